The molecule has 1 aliphatic carbocycles. The van der Waals surface area contributed by atoms with Gasteiger partial charge in [-0.3, -0.25) is 5.41 Å². The molecule has 4 N–H and O–H groups in total. The maximum absolute atomic E-state index is 13.6. The number of ether oxygens (including phenoxy) is 2. The summed E-state index contributed by atoms with van der Waals surface area (Å²) in [5.41, 5.74) is 3.36. The van der Waals surface area contributed by atoms with Crippen molar-refractivity contribution >= 4 is 39.2 Å². The summed E-state index contributed by atoms with van der Waals surface area (Å²) in [6, 6.07) is 28.0. The molecule has 0 atom stereocenters. The van der Waals surface area contributed by atoms with E-state index >= 15 is 0 Å². The molecule has 0 aliphatic heterocycles. The van der Waals surface area contributed by atoms with Crippen LogP contribution in [0.1, 0.15) is 48.8 Å². The number of rotatable bonds is 10. The van der Waals surface area contributed by atoms with Crippen molar-refractivity contribution in [2.24, 2.45) is 11.1 Å². The van der Waals surface area contributed by atoms with Crippen LogP contribution in [0.4, 0.5) is 4.79 Å². The van der Waals surface area contributed by atoms with Crippen LogP contribution in [0.3, 0.4) is 0 Å². The van der Waals surface area contributed by atoms with Crippen LogP contribution in [0, 0.1) is 11.3 Å². The molecule has 4 aromatic carbocycles. The lowest BCUT2D eigenvalue weighted by atomic mass is 9.89. The zero-order valence-corrected chi connectivity index (χ0v) is 27.8. The molecule has 0 spiro atoms. The Morgan fingerprint density at radius 1 is 0.915 bits per heavy atom. The third-order valence-electron chi connectivity index (χ3n) is 8.21. The van der Waals surface area contributed by atoms with Crippen LogP contribution in [-0.4, -0.2) is 43.9 Å². The van der Waals surface area contributed by atoms with Gasteiger partial charge in [-0.2, -0.15) is 0 Å². The summed E-state index contributed by atoms with van der Waals surface area (Å²) < 4.78 is 35.2. The molecule has 11 heteroatoms. The largest absolute Gasteiger partial charge is 0.497 e. The Morgan fingerprint density at radius 2 is 1.60 bits per heavy atom. The van der Waals surface area contributed by atoms with E-state index in [-0.39, 0.29) is 10.7 Å². The second-order valence-electron chi connectivity index (χ2n) is 11.6. The molecule has 1 fully saturated rings. The normalized spacial score (nSPS) is 13.4. The summed E-state index contributed by atoms with van der Waals surface area (Å²) in [6.07, 6.45) is 5.12. The van der Waals surface area contributed by atoms with E-state index in [1.54, 1.807) is 54.5 Å². The van der Waals surface area contributed by atoms with Crippen LogP contribution in [0.25, 0.3) is 11.1 Å². The van der Waals surface area contributed by atoms with Crippen molar-refractivity contribution < 1.29 is 22.7 Å². The molecule has 0 bridgehead atoms. The van der Waals surface area contributed by atoms with Crippen molar-refractivity contribution in [1.29, 1.82) is 5.41 Å². The second kappa shape index (κ2) is 15.3. The van der Waals surface area contributed by atoms with Gasteiger partial charge in [0.15, 0.2) is 0 Å². The SMILES string of the molecule is COc1ccc(C(=S)NC(=N)c2cccc(CN(CC3CCCCC3)C(=O)Oc3ccc(-c4ccccc4S(N)(=O)=O)cc3)c2)cc1. The van der Waals surface area contributed by atoms with E-state index in [1.807, 2.05) is 48.5 Å². The van der Waals surface area contributed by atoms with Crippen molar-refractivity contribution in [2.45, 2.75) is 43.5 Å². The fourth-order valence-electron chi connectivity index (χ4n) is 5.75. The summed E-state index contributed by atoms with van der Waals surface area (Å²) in [7, 11) is -2.32. The Bertz CT molecular complexity index is 1840. The first kappa shape index (κ1) is 33.8. The molecular formula is C36H38N4O5S2. The third kappa shape index (κ3) is 9.03. The van der Waals surface area contributed by atoms with Crippen molar-refractivity contribution in [3.63, 3.8) is 0 Å². The molecule has 1 amide bonds. The predicted molar refractivity (Wildman–Crippen MR) is 187 cm³/mol. The van der Waals surface area contributed by atoms with E-state index in [1.165, 1.54) is 12.5 Å². The summed E-state index contributed by atoms with van der Waals surface area (Å²) in [5.74, 6) is 1.59. The fraction of sp³-hybridized carbons (Fsp3) is 0.250. The number of hydrogen-bond acceptors (Lipinski definition) is 7. The van der Waals surface area contributed by atoms with Gasteiger partial charge < -0.3 is 19.7 Å². The van der Waals surface area contributed by atoms with Gasteiger partial charge in [-0.1, -0.05) is 80.0 Å². The molecular weight excluding hydrogens is 633 g/mol. The molecule has 47 heavy (non-hydrogen) atoms. The van der Waals surface area contributed by atoms with Gasteiger partial charge in [-0.25, -0.2) is 18.4 Å². The monoisotopic (exact) mass is 670 g/mol. The molecule has 0 aromatic heterocycles. The number of carbonyl (C=O) groups excluding carboxylic acids is 1. The minimum atomic E-state index is -3.92. The highest BCUT2D eigenvalue weighted by Gasteiger charge is 2.23. The van der Waals surface area contributed by atoms with E-state index in [0.29, 0.717) is 46.4 Å². The Kier molecular flexibility index (Phi) is 11.0. The fourth-order valence-corrected chi connectivity index (χ4v) is 6.75. The van der Waals surface area contributed by atoms with E-state index in [9.17, 15) is 13.2 Å². The van der Waals surface area contributed by atoms with E-state index in [2.05, 4.69) is 5.32 Å². The number of carbonyl (C=O) groups is 1. The van der Waals surface area contributed by atoms with Gasteiger partial charge in [0.25, 0.3) is 0 Å². The molecule has 0 saturated heterocycles. The average Bonchev–Trinajstić information content (AvgIpc) is 3.08. The Morgan fingerprint density at radius 3 is 2.28 bits per heavy atom. The zero-order valence-electron chi connectivity index (χ0n) is 26.1. The molecule has 0 unspecified atom stereocenters. The maximum atomic E-state index is 13.6. The number of nitrogens with one attached hydrogen (secondary N) is 2. The zero-order chi connectivity index (χ0) is 33.4. The number of nitrogens with two attached hydrogens (primary N) is 1. The number of sulfonamides is 1. The van der Waals surface area contributed by atoms with Crippen molar-refractivity contribution in [3.8, 4) is 22.6 Å². The smallest absolute Gasteiger partial charge is 0.415 e. The predicted octanol–water partition coefficient (Wildman–Crippen LogP) is 6.88. The van der Waals surface area contributed by atoms with Gasteiger partial charge in [0, 0.05) is 29.8 Å². The molecule has 4 aromatic rings. The maximum Gasteiger partial charge on any atom is 0.415 e. The van der Waals surface area contributed by atoms with Gasteiger partial charge in [0.05, 0.1) is 12.0 Å². The summed E-state index contributed by atoms with van der Waals surface area (Å²) >= 11 is 5.53. The summed E-state index contributed by atoms with van der Waals surface area (Å²) in [6.45, 7) is 0.860. The third-order valence-corrected chi connectivity index (χ3v) is 9.51. The molecule has 0 heterocycles. The van der Waals surface area contributed by atoms with Gasteiger partial charge in [-0.05, 0) is 78.4 Å². The first-order chi connectivity index (χ1) is 22.6. The van der Waals surface area contributed by atoms with Gasteiger partial charge in [0.2, 0.25) is 10.0 Å². The van der Waals surface area contributed by atoms with Crippen LogP contribution in [0.2, 0.25) is 0 Å². The average molecular weight is 671 g/mol. The van der Waals surface area contributed by atoms with Gasteiger partial charge in [0.1, 0.15) is 22.3 Å². The van der Waals surface area contributed by atoms with Crippen LogP contribution in [-0.2, 0) is 16.6 Å². The molecule has 9 nitrogen and oxygen atoms in total. The Hall–Kier alpha value is -4.58. The summed E-state index contributed by atoms with van der Waals surface area (Å²) in [4.78, 5) is 15.8. The van der Waals surface area contributed by atoms with Crippen molar-refractivity contribution in [2.75, 3.05) is 13.7 Å². The Balaban J connectivity index is 1.30. The lowest BCUT2D eigenvalue weighted by molar-refractivity contribution is 0.134. The Labute approximate surface area is 281 Å². The summed E-state index contributed by atoms with van der Waals surface area (Å²) in [5, 5.41) is 17.1. The standard InChI is InChI=1S/C36H38N4O5S2/c1-44-30-18-16-28(17-19-30)35(46)39-34(37)29-11-7-10-26(22-29)24-40(23-25-8-3-2-4-9-25)36(41)45-31-20-14-27(15-21-31)32-12-5-6-13-33(32)47(38,42)43/h5-7,10-22,25H,2-4,8-9,23-24H2,1H3,(H2,37,39,46)(H2,38,42,43). The van der Waals surface area contributed by atoms with Crippen LogP contribution in [0.15, 0.2) is 102 Å². The molecule has 5 rings (SSSR count). The minimum Gasteiger partial charge on any atom is -0.497 e. The van der Waals surface area contributed by atoms with Gasteiger partial charge >= 0.3 is 6.09 Å². The number of hydrogen-bond donors (Lipinski definition) is 3. The highest BCUT2D eigenvalue weighted by atomic mass is 32.2. The van der Waals surface area contributed by atoms with E-state index in [0.717, 1.165) is 42.6 Å². The minimum absolute atomic E-state index is 0.0245. The topological polar surface area (TPSA) is 135 Å². The number of primary sulfonamides is 1. The second-order valence-corrected chi connectivity index (χ2v) is 13.5. The van der Waals surface area contributed by atoms with E-state index < -0.39 is 16.1 Å². The van der Waals surface area contributed by atoms with Crippen molar-refractivity contribution in [3.05, 3.63) is 114 Å². The first-order valence-electron chi connectivity index (χ1n) is 15.4. The quantitative estimate of drug-likeness (QED) is 0.0951. The number of benzene rings is 4. The van der Waals surface area contributed by atoms with Crippen molar-refractivity contribution in [1.82, 2.24) is 10.2 Å². The lowest BCUT2D eigenvalue weighted by Gasteiger charge is -2.29. The highest BCUT2D eigenvalue weighted by molar-refractivity contribution is 7.89. The molecule has 1 saturated carbocycles. The molecule has 0 radical (unpaired) electrons. The van der Waals surface area contributed by atoms with E-state index in [4.69, 9.17) is 32.2 Å². The van der Waals surface area contributed by atoms with Crippen LogP contribution >= 0.6 is 12.2 Å². The molecule has 1 aliphatic rings. The number of methoxy groups -OCH3 is 1. The number of thiocarbonyl (C=S) groups is 1. The van der Waals surface area contributed by atoms with Crippen LogP contribution < -0.4 is 19.9 Å². The highest BCUT2D eigenvalue weighted by Crippen LogP contribution is 2.29. The van der Waals surface area contributed by atoms with Gasteiger partial charge in [-0.15, -0.1) is 0 Å². The lowest BCUT2D eigenvalue weighted by Crippen LogP contribution is -2.37. The number of nitrogens with zero attached hydrogens (tertiary/aromatic N) is 1. The first-order valence-corrected chi connectivity index (χ1v) is 17.4. The molecule has 244 valence electrons. The number of amidine groups is 1. The van der Waals surface area contributed by atoms with Crippen LogP contribution in [0.5, 0.6) is 11.5 Å². The number of amides is 1.